The molecule has 0 fully saturated rings. The highest BCUT2D eigenvalue weighted by atomic mass is 35.5. The highest BCUT2D eigenvalue weighted by Gasteiger charge is 2.17. The summed E-state index contributed by atoms with van der Waals surface area (Å²) in [4.78, 5) is 45.7. The number of aromatic nitrogens is 2. The van der Waals surface area contributed by atoms with Crippen molar-refractivity contribution in [1.82, 2.24) is 9.97 Å². The maximum Gasteiger partial charge on any atom is 0.252 e. The maximum atomic E-state index is 13.1. The average Bonchev–Trinajstić information content (AvgIpc) is 3.06. The molecule has 2 aromatic heterocycles. The lowest BCUT2D eigenvalue weighted by Gasteiger charge is -2.13. The second-order valence-corrected chi connectivity index (χ2v) is 12.0. The van der Waals surface area contributed by atoms with Gasteiger partial charge in [0.25, 0.3) is 5.91 Å². The van der Waals surface area contributed by atoms with Crippen LogP contribution in [0.2, 0.25) is 10.0 Å². The summed E-state index contributed by atoms with van der Waals surface area (Å²) >= 11 is 13.2. The number of aryl methyl sites for hydroxylation is 1. The van der Waals surface area contributed by atoms with Crippen LogP contribution in [0.1, 0.15) is 37.4 Å². The quantitative estimate of drug-likeness (QED) is 0.141. The van der Waals surface area contributed by atoms with E-state index in [1.54, 1.807) is 92.1 Å². The fourth-order valence-electron chi connectivity index (χ4n) is 5.44. The smallest absolute Gasteiger partial charge is 0.252 e. The van der Waals surface area contributed by atoms with Crippen LogP contribution in [0.15, 0.2) is 85.2 Å². The van der Waals surface area contributed by atoms with Crippen LogP contribution in [0.25, 0.3) is 21.8 Å². The van der Waals surface area contributed by atoms with Crippen molar-refractivity contribution < 1.29 is 28.6 Å². The summed E-state index contributed by atoms with van der Waals surface area (Å²) in [6.45, 7) is 1.79. The van der Waals surface area contributed by atoms with Gasteiger partial charge in [-0.3, -0.25) is 24.4 Å². The van der Waals surface area contributed by atoms with E-state index in [1.165, 1.54) is 7.11 Å². The lowest BCUT2D eigenvalue weighted by Crippen LogP contribution is -2.12. The third-order valence-electron chi connectivity index (χ3n) is 7.88. The average molecular weight is 696 g/mol. The molecule has 6 rings (SSSR count). The van der Waals surface area contributed by atoms with Gasteiger partial charge in [-0.25, -0.2) is 0 Å². The number of benzene rings is 4. The van der Waals surface area contributed by atoms with Crippen LogP contribution in [0.3, 0.4) is 0 Å². The highest BCUT2D eigenvalue weighted by molar-refractivity contribution is 6.32. The Hall–Kier alpha value is -5.71. The van der Waals surface area contributed by atoms with Crippen LogP contribution in [0.5, 0.6) is 28.7 Å². The zero-order valence-electron chi connectivity index (χ0n) is 26.3. The van der Waals surface area contributed by atoms with Gasteiger partial charge >= 0.3 is 0 Å². The number of amides is 2. The van der Waals surface area contributed by atoms with Crippen LogP contribution in [-0.4, -0.2) is 34.7 Å². The predicted molar refractivity (Wildman–Crippen MR) is 187 cm³/mol. The lowest BCUT2D eigenvalue weighted by molar-refractivity contribution is -0.117. The van der Waals surface area contributed by atoms with Crippen LogP contribution in [-0.2, 0) is 17.6 Å². The highest BCUT2D eigenvalue weighted by Crippen LogP contribution is 2.36. The van der Waals surface area contributed by atoms with Gasteiger partial charge in [-0.1, -0.05) is 35.3 Å². The van der Waals surface area contributed by atoms with E-state index in [2.05, 4.69) is 9.97 Å². The zero-order valence-corrected chi connectivity index (χ0v) is 27.8. The third kappa shape index (κ3) is 7.11. The number of hydrogen-bond donors (Lipinski definition) is 2. The number of carbonyl (C=O) groups is 3. The van der Waals surface area contributed by atoms with Gasteiger partial charge in [-0.05, 0) is 78.2 Å². The summed E-state index contributed by atoms with van der Waals surface area (Å²) in [5.74, 6) is 0.787. The fourth-order valence-corrected chi connectivity index (χ4v) is 5.91. The molecule has 0 aliphatic rings. The molecule has 0 saturated carbocycles. The molecule has 49 heavy (non-hydrogen) atoms. The molecule has 4 N–H and O–H groups in total. The number of halogens is 2. The van der Waals surface area contributed by atoms with E-state index >= 15 is 0 Å². The molecule has 12 heteroatoms. The summed E-state index contributed by atoms with van der Waals surface area (Å²) in [6.07, 6.45) is 3.32. The van der Waals surface area contributed by atoms with Crippen molar-refractivity contribution in [3.05, 3.63) is 123 Å². The number of pyridine rings is 2. The first-order chi connectivity index (χ1) is 23.5. The molecule has 0 saturated heterocycles. The first-order valence-corrected chi connectivity index (χ1v) is 15.7. The van der Waals surface area contributed by atoms with E-state index in [1.807, 2.05) is 0 Å². The summed E-state index contributed by atoms with van der Waals surface area (Å²) in [6, 6.07) is 20.1. The van der Waals surface area contributed by atoms with Gasteiger partial charge < -0.3 is 25.7 Å². The van der Waals surface area contributed by atoms with Crippen molar-refractivity contribution in [2.75, 3.05) is 7.11 Å². The normalized spacial score (nSPS) is 11.0. The number of rotatable bonds is 11. The number of hydrogen-bond acceptors (Lipinski definition) is 8. The summed E-state index contributed by atoms with van der Waals surface area (Å²) < 4.78 is 17.5. The van der Waals surface area contributed by atoms with Gasteiger partial charge in [0.15, 0.2) is 0 Å². The van der Waals surface area contributed by atoms with E-state index in [9.17, 15) is 14.4 Å². The second kappa shape index (κ2) is 13.8. The number of methoxy groups -OCH3 is 1. The molecule has 6 aromatic rings. The largest absolute Gasteiger partial charge is 0.496 e. The SMILES string of the molecule is COc1cc2nccc(Oc3ccc(CC(=O)Cc4ccc(Oc5ccnc6cc(C)c(C(N)=O)cc56)cc4Cl)c(Cl)c3)c2cc1C(N)=O. The molecular formula is C37H28Cl2N4O6. The Morgan fingerprint density at radius 1 is 0.653 bits per heavy atom. The first kappa shape index (κ1) is 33.2. The van der Waals surface area contributed by atoms with Gasteiger partial charge in [0.1, 0.15) is 34.5 Å². The number of fused-ring (bicyclic) bond motifs is 2. The van der Waals surface area contributed by atoms with Gasteiger partial charge in [0.05, 0.1) is 23.7 Å². The number of ketones is 1. The molecule has 10 nitrogen and oxygen atoms in total. The molecule has 2 amide bonds. The Morgan fingerprint density at radius 3 is 1.61 bits per heavy atom. The summed E-state index contributed by atoms with van der Waals surface area (Å²) in [5, 5.41) is 1.88. The number of primary amides is 2. The Bertz CT molecular complexity index is 2310. The molecule has 0 spiro atoms. The van der Waals surface area contributed by atoms with Gasteiger partial charge in [0.2, 0.25) is 5.91 Å². The van der Waals surface area contributed by atoms with E-state index in [-0.39, 0.29) is 24.2 Å². The number of carbonyl (C=O) groups excluding carboxylic acids is 3. The molecule has 4 aromatic carbocycles. The minimum absolute atomic E-state index is 0.0677. The predicted octanol–water partition coefficient (Wildman–Crippen LogP) is 7.54. The Balaban J connectivity index is 1.14. The summed E-state index contributed by atoms with van der Waals surface area (Å²) in [7, 11) is 1.44. The number of Topliss-reactive ketones (excluding diaryl/α,β-unsaturated/α-hetero) is 1. The fraction of sp³-hybridized carbons (Fsp3) is 0.108. The molecule has 2 heterocycles. The van der Waals surface area contributed by atoms with Gasteiger partial charge in [-0.2, -0.15) is 0 Å². The van der Waals surface area contributed by atoms with Gasteiger partial charge in [0, 0.05) is 57.7 Å². The van der Waals surface area contributed by atoms with E-state index in [4.69, 9.17) is 48.9 Å². The van der Waals surface area contributed by atoms with Crippen LogP contribution >= 0.6 is 23.2 Å². The molecule has 0 unspecified atom stereocenters. The molecule has 0 atom stereocenters. The molecule has 0 radical (unpaired) electrons. The second-order valence-electron chi connectivity index (χ2n) is 11.2. The van der Waals surface area contributed by atoms with Crippen LogP contribution in [0.4, 0.5) is 0 Å². The topological polar surface area (TPSA) is 157 Å². The van der Waals surface area contributed by atoms with Crippen LogP contribution < -0.4 is 25.7 Å². The van der Waals surface area contributed by atoms with Crippen LogP contribution in [0, 0.1) is 6.92 Å². The Morgan fingerprint density at radius 2 is 1.14 bits per heavy atom. The molecule has 0 aliphatic heterocycles. The standard InChI is InChI=1S/C37H28Cl2N4O6/c1-19-11-31-26(16-25(19)36(40)45)33(7-9-42-31)48-23-5-3-20(29(38)14-23)12-22(44)13-21-4-6-24(15-30(21)39)49-34-8-10-43-32-18-35(47-2)28(37(41)46)17-27(32)34/h3-11,14-18H,12-13H2,1-2H3,(H2,40,45)(H2,41,46). The molecule has 0 bridgehead atoms. The first-order valence-electron chi connectivity index (χ1n) is 14.9. The van der Waals surface area contributed by atoms with Crippen molar-refractivity contribution in [2.24, 2.45) is 11.5 Å². The number of nitrogens with two attached hydrogens (primary N) is 2. The number of ether oxygens (including phenoxy) is 3. The van der Waals surface area contributed by atoms with Gasteiger partial charge in [-0.15, -0.1) is 0 Å². The zero-order chi connectivity index (χ0) is 34.8. The Labute approximate surface area is 290 Å². The third-order valence-corrected chi connectivity index (χ3v) is 8.59. The van der Waals surface area contributed by atoms with Crippen molar-refractivity contribution in [2.45, 2.75) is 19.8 Å². The monoisotopic (exact) mass is 694 g/mol. The van der Waals surface area contributed by atoms with Crippen molar-refractivity contribution in [1.29, 1.82) is 0 Å². The van der Waals surface area contributed by atoms with E-state index in [0.29, 0.717) is 82.9 Å². The minimum Gasteiger partial charge on any atom is -0.496 e. The minimum atomic E-state index is -0.647. The van der Waals surface area contributed by atoms with E-state index < -0.39 is 11.8 Å². The van der Waals surface area contributed by atoms with Crippen molar-refractivity contribution >= 4 is 62.6 Å². The maximum absolute atomic E-state index is 13.1. The molecule has 246 valence electrons. The lowest BCUT2D eigenvalue weighted by atomic mass is 10.0. The molecular weight excluding hydrogens is 667 g/mol. The number of nitrogens with zero attached hydrogens (tertiary/aromatic N) is 2. The Kier molecular flexibility index (Phi) is 9.35. The van der Waals surface area contributed by atoms with Crippen molar-refractivity contribution in [3.8, 4) is 28.7 Å². The molecule has 0 aliphatic carbocycles. The van der Waals surface area contributed by atoms with Crippen molar-refractivity contribution in [3.63, 3.8) is 0 Å². The summed E-state index contributed by atoms with van der Waals surface area (Å²) in [5.41, 5.74) is 14.8. The van der Waals surface area contributed by atoms with E-state index in [0.717, 1.165) is 0 Å².